The number of nitrogens with zero attached hydrogens (tertiary/aromatic N) is 2. The topological polar surface area (TPSA) is 87.2 Å². The number of carbonyl (C=O) groups is 1. The van der Waals surface area contributed by atoms with Crippen LogP contribution in [0.3, 0.4) is 0 Å². The van der Waals surface area contributed by atoms with Gasteiger partial charge in [0.05, 0.1) is 0 Å². The third-order valence-corrected chi connectivity index (χ3v) is 3.70. The van der Waals surface area contributed by atoms with E-state index in [9.17, 15) is 4.79 Å². The summed E-state index contributed by atoms with van der Waals surface area (Å²) in [6.45, 7) is 8.92. The van der Waals surface area contributed by atoms with E-state index < -0.39 is 11.7 Å². The van der Waals surface area contributed by atoms with Crippen molar-refractivity contribution in [2.45, 2.75) is 39.3 Å². The molecule has 1 aromatic rings. The van der Waals surface area contributed by atoms with Crippen LogP contribution < -0.4 is 20.7 Å². The molecule has 3 N–H and O–H groups in total. The van der Waals surface area contributed by atoms with Crippen molar-refractivity contribution in [2.75, 3.05) is 47.4 Å². The molecule has 8 heteroatoms. The van der Waals surface area contributed by atoms with Crippen molar-refractivity contribution in [3.05, 3.63) is 29.8 Å². The molecule has 0 spiro atoms. The Morgan fingerprint density at radius 2 is 1.86 bits per heavy atom. The van der Waals surface area contributed by atoms with Gasteiger partial charge in [0, 0.05) is 33.2 Å². The number of alkyl carbamates (subject to hydrolysis) is 1. The zero-order valence-corrected chi connectivity index (χ0v) is 18.7. The maximum Gasteiger partial charge on any atom is 0.407 e. The van der Waals surface area contributed by atoms with Crippen molar-refractivity contribution in [1.29, 1.82) is 0 Å². The molecule has 1 aromatic carbocycles. The average Bonchev–Trinajstić information content (AvgIpc) is 2.62. The van der Waals surface area contributed by atoms with Crippen LogP contribution in [0.4, 0.5) is 4.79 Å². The number of aliphatic imine (C=N–C) groups is 1. The maximum absolute atomic E-state index is 11.6. The first kappa shape index (κ1) is 24.6. The lowest BCUT2D eigenvalue weighted by Crippen LogP contribution is -2.39. The van der Waals surface area contributed by atoms with Crippen molar-refractivity contribution in [2.24, 2.45) is 4.99 Å². The van der Waals surface area contributed by atoms with E-state index in [4.69, 9.17) is 9.47 Å². The molecule has 0 heterocycles. The van der Waals surface area contributed by atoms with Crippen molar-refractivity contribution in [1.82, 2.24) is 20.9 Å². The van der Waals surface area contributed by atoms with Crippen LogP contribution >= 0.6 is 0 Å². The van der Waals surface area contributed by atoms with Crippen LogP contribution in [0, 0.1) is 0 Å². The molecular formula is C21H37N5O3. The number of hydrogen-bond donors (Lipinski definition) is 3. The Kier molecular flexibility index (Phi) is 10.9. The fourth-order valence-corrected chi connectivity index (χ4v) is 2.30. The van der Waals surface area contributed by atoms with E-state index in [0.717, 1.165) is 24.3 Å². The van der Waals surface area contributed by atoms with Crippen LogP contribution in [0.25, 0.3) is 0 Å². The largest absolute Gasteiger partial charge is 0.492 e. The summed E-state index contributed by atoms with van der Waals surface area (Å²) in [5.74, 6) is 1.57. The van der Waals surface area contributed by atoms with Crippen LogP contribution in [0.1, 0.15) is 32.8 Å². The van der Waals surface area contributed by atoms with Gasteiger partial charge < -0.3 is 30.3 Å². The molecule has 0 fully saturated rings. The Morgan fingerprint density at radius 3 is 2.52 bits per heavy atom. The Morgan fingerprint density at radius 1 is 1.14 bits per heavy atom. The molecule has 1 rings (SSSR count). The Bertz CT molecular complexity index is 641. The first-order valence-electron chi connectivity index (χ1n) is 9.97. The van der Waals surface area contributed by atoms with Crippen molar-refractivity contribution >= 4 is 12.1 Å². The zero-order valence-electron chi connectivity index (χ0n) is 18.7. The van der Waals surface area contributed by atoms with E-state index in [1.165, 1.54) is 0 Å². The number of hydrogen-bond acceptors (Lipinski definition) is 5. The predicted octanol–water partition coefficient (Wildman–Crippen LogP) is 2.21. The molecule has 0 aliphatic carbocycles. The van der Waals surface area contributed by atoms with Gasteiger partial charge in [-0.1, -0.05) is 12.1 Å². The highest BCUT2D eigenvalue weighted by Crippen LogP contribution is 2.13. The summed E-state index contributed by atoms with van der Waals surface area (Å²) in [5, 5.41) is 9.25. The van der Waals surface area contributed by atoms with Gasteiger partial charge in [-0.15, -0.1) is 0 Å². The van der Waals surface area contributed by atoms with Gasteiger partial charge in [0.25, 0.3) is 0 Å². The highest BCUT2D eigenvalue weighted by molar-refractivity contribution is 5.79. The average molecular weight is 408 g/mol. The first-order chi connectivity index (χ1) is 13.7. The molecule has 164 valence electrons. The lowest BCUT2D eigenvalue weighted by Gasteiger charge is -2.19. The zero-order chi connectivity index (χ0) is 21.7. The van der Waals surface area contributed by atoms with Crippen LogP contribution in [0.2, 0.25) is 0 Å². The molecule has 1 amide bonds. The molecule has 8 nitrogen and oxygen atoms in total. The molecule has 0 saturated heterocycles. The van der Waals surface area contributed by atoms with Gasteiger partial charge in [-0.25, -0.2) is 4.79 Å². The molecule has 0 aliphatic rings. The third kappa shape index (κ3) is 12.6. The quantitative estimate of drug-likeness (QED) is 0.313. The molecule has 29 heavy (non-hydrogen) atoms. The van der Waals surface area contributed by atoms with Gasteiger partial charge in [-0.2, -0.15) is 0 Å². The Labute approximate surface area is 175 Å². The molecule has 0 saturated carbocycles. The number of likely N-dealkylation sites (N-methyl/N-ethyl adjacent to an activating group) is 1. The number of carbonyl (C=O) groups excluding carboxylic acids is 1. The number of benzene rings is 1. The molecule has 0 aromatic heterocycles. The van der Waals surface area contributed by atoms with Crippen LogP contribution in [0.15, 0.2) is 29.3 Å². The van der Waals surface area contributed by atoms with E-state index in [1.54, 1.807) is 7.05 Å². The lowest BCUT2D eigenvalue weighted by atomic mass is 10.2. The maximum atomic E-state index is 11.6. The van der Waals surface area contributed by atoms with Crippen LogP contribution in [-0.4, -0.2) is 69.9 Å². The van der Waals surface area contributed by atoms with Crippen LogP contribution in [-0.2, 0) is 11.3 Å². The monoisotopic (exact) mass is 407 g/mol. The molecule has 0 radical (unpaired) electrons. The molecule has 0 aliphatic heterocycles. The van der Waals surface area contributed by atoms with Gasteiger partial charge in [0.1, 0.15) is 18.0 Å². The van der Waals surface area contributed by atoms with Gasteiger partial charge in [-0.05, 0) is 59.0 Å². The van der Waals surface area contributed by atoms with E-state index in [0.29, 0.717) is 32.2 Å². The second-order valence-electron chi connectivity index (χ2n) is 7.93. The standard InChI is InChI=1S/C21H37N5O3/c1-21(2,3)29-20(27)24-12-8-11-23-19(22-4)25-16-17-9-7-10-18(15-17)28-14-13-26(5)6/h7,9-10,15H,8,11-14,16H2,1-6H3,(H,24,27)(H2,22,23,25). The summed E-state index contributed by atoms with van der Waals surface area (Å²) >= 11 is 0. The van der Waals surface area contributed by atoms with Crippen molar-refractivity contribution < 1.29 is 14.3 Å². The van der Waals surface area contributed by atoms with Gasteiger partial charge in [0.15, 0.2) is 5.96 Å². The van der Waals surface area contributed by atoms with Gasteiger partial charge in [-0.3, -0.25) is 4.99 Å². The second kappa shape index (κ2) is 12.9. The first-order valence-corrected chi connectivity index (χ1v) is 9.97. The fourth-order valence-electron chi connectivity index (χ4n) is 2.30. The minimum atomic E-state index is -0.483. The molecular weight excluding hydrogens is 370 g/mol. The summed E-state index contributed by atoms with van der Waals surface area (Å²) in [6.07, 6.45) is 0.363. The van der Waals surface area contributed by atoms with Gasteiger partial charge >= 0.3 is 6.09 Å². The molecule has 0 unspecified atom stereocenters. The van der Waals surface area contributed by atoms with E-state index in [2.05, 4.69) is 25.8 Å². The Balaban J connectivity index is 2.28. The number of guanidine groups is 1. The predicted molar refractivity (Wildman–Crippen MR) is 118 cm³/mol. The van der Waals surface area contributed by atoms with E-state index >= 15 is 0 Å². The fraction of sp³-hybridized carbons (Fsp3) is 0.619. The number of nitrogens with one attached hydrogen (secondary N) is 3. The minimum Gasteiger partial charge on any atom is -0.492 e. The van der Waals surface area contributed by atoms with E-state index in [-0.39, 0.29) is 0 Å². The second-order valence-corrected chi connectivity index (χ2v) is 7.93. The van der Waals surface area contributed by atoms with Crippen molar-refractivity contribution in [3.8, 4) is 5.75 Å². The van der Waals surface area contributed by atoms with Crippen molar-refractivity contribution in [3.63, 3.8) is 0 Å². The summed E-state index contributed by atoms with van der Waals surface area (Å²) < 4.78 is 11.0. The normalized spacial score (nSPS) is 11.9. The summed E-state index contributed by atoms with van der Waals surface area (Å²) in [6, 6.07) is 8.02. The third-order valence-electron chi connectivity index (χ3n) is 3.70. The smallest absolute Gasteiger partial charge is 0.407 e. The number of rotatable bonds is 10. The highest BCUT2D eigenvalue weighted by Gasteiger charge is 2.15. The minimum absolute atomic E-state index is 0.396. The van der Waals surface area contributed by atoms with Crippen LogP contribution in [0.5, 0.6) is 5.75 Å². The SMILES string of the molecule is CN=C(NCCCNC(=O)OC(C)(C)C)NCc1cccc(OCCN(C)C)c1. The number of ether oxygens (including phenoxy) is 2. The molecule has 0 atom stereocenters. The van der Waals surface area contributed by atoms with Gasteiger partial charge in [0.2, 0.25) is 0 Å². The summed E-state index contributed by atoms with van der Waals surface area (Å²) in [7, 11) is 5.78. The summed E-state index contributed by atoms with van der Waals surface area (Å²) in [4.78, 5) is 17.9. The number of amides is 1. The molecule has 0 bridgehead atoms. The Hall–Kier alpha value is -2.48. The van der Waals surface area contributed by atoms with E-state index in [1.807, 2.05) is 59.1 Å². The lowest BCUT2D eigenvalue weighted by molar-refractivity contribution is 0.0527. The highest BCUT2D eigenvalue weighted by atomic mass is 16.6. The summed E-state index contributed by atoms with van der Waals surface area (Å²) in [5.41, 5.74) is 0.630.